The molecule has 0 spiro atoms. The van der Waals surface area contributed by atoms with Gasteiger partial charge in [-0.05, 0) is 42.0 Å². The van der Waals surface area contributed by atoms with Gasteiger partial charge >= 0.3 is 0 Å². The molecule has 0 aliphatic carbocycles. The van der Waals surface area contributed by atoms with Gasteiger partial charge in [0.05, 0.1) is 6.42 Å². The van der Waals surface area contributed by atoms with Gasteiger partial charge in [0, 0.05) is 23.3 Å². The summed E-state index contributed by atoms with van der Waals surface area (Å²) in [7, 11) is 1.74. The minimum atomic E-state index is -0.0136. The molecule has 2 aromatic carbocycles. The van der Waals surface area contributed by atoms with Crippen molar-refractivity contribution < 1.29 is 4.79 Å². The summed E-state index contributed by atoms with van der Waals surface area (Å²) in [5.41, 5.74) is 8.02. The van der Waals surface area contributed by atoms with Crippen molar-refractivity contribution in [3.05, 3.63) is 64.7 Å². The van der Waals surface area contributed by atoms with Gasteiger partial charge in [0.15, 0.2) is 0 Å². The Balaban J connectivity index is 2.10. The number of hydrogen-bond donors (Lipinski definition) is 1. The lowest BCUT2D eigenvalue weighted by atomic mass is 10.1. The number of carbonyl (C=O) groups is 1. The molecule has 5 heteroatoms. The molecule has 108 valence electrons. The first-order chi connectivity index (χ1) is 9.97. The van der Waals surface area contributed by atoms with Crippen molar-refractivity contribution >= 4 is 40.4 Å². The zero-order chi connectivity index (χ0) is 15.4. The Morgan fingerprint density at radius 1 is 1.24 bits per heavy atom. The van der Waals surface area contributed by atoms with E-state index in [4.69, 9.17) is 29.6 Å². The van der Waals surface area contributed by atoms with Gasteiger partial charge in [0.2, 0.25) is 5.91 Å². The van der Waals surface area contributed by atoms with Gasteiger partial charge in [-0.1, -0.05) is 36.0 Å². The monoisotopic (exact) mass is 318 g/mol. The Kier molecular flexibility index (Phi) is 4.94. The van der Waals surface area contributed by atoms with Crippen LogP contribution in [0.2, 0.25) is 5.02 Å². The second kappa shape index (κ2) is 6.70. The van der Waals surface area contributed by atoms with Gasteiger partial charge in [-0.15, -0.1) is 0 Å². The number of nitrogens with zero attached hydrogens (tertiary/aromatic N) is 1. The van der Waals surface area contributed by atoms with E-state index in [2.05, 4.69) is 0 Å². The molecule has 0 saturated heterocycles. The maximum Gasteiger partial charge on any atom is 0.231 e. The molecule has 0 bridgehead atoms. The van der Waals surface area contributed by atoms with Crippen molar-refractivity contribution in [1.82, 2.24) is 0 Å². The molecule has 3 nitrogen and oxygen atoms in total. The summed E-state index contributed by atoms with van der Waals surface area (Å²) in [6.45, 7) is 0. The number of nitrogens with two attached hydrogens (primary N) is 1. The highest BCUT2D eigenvalue weighted by Gasteiger charge is 2.12. The van der Waals surface area contributed by atoms with Crippen LogP contribution in [-0.2, 0) is 11.2 Å². The van der Waals surface area contributed by atoms with Crippen LogP contribution in [0, 0.1) is 0 Å². The van der Waals surface area contributed by atoms with Gasteiger partial charge < -0.3 is 10.6 Å². The van der Waals surface area contributed by atoms with E-state index in [-0.39, 0.29) is 5.91 Å². The molecule has 0 aliphatic heterocycles. The van der Waals surface area contributed by atoms with E-state index in [1.165, 1.54) is 0 Å². The first-order valence-electron chi connectivity index (χ1n) is 6.38. The minimum absolute atomic E-state index is 0.0136. The number of anilines is 1. The zero-order valence-corrected chi connectivity index (χ0v) is 13.1. The number of rotatable bonds is 4. The summed E-state index contributed by atoms with van der Waals surface area (Å²) in [6, 6.07) is 14.6. The van der Waals surface area contributed by atoms with Crippen molar-refractivity contribution in [2.24, 2.45) is 5.73 Å². The van der Waals surface area contributed by atoms with E-state index in [9.17, 15) is 4.79 Å². The molecule has 0 aliphatic rings. The highest BCUT2D eigenvalue weighted by molar-refractivity contribution is 7.80. The Labute approximate surface area is 134 Å². The normalized spacial score (nSPS) is 10.2. The first-order valence-corrected chi connectivity index (χ1v) is 7.17. The number of benzene rings is 2. The average molecular weight is 319 g/mol. The third-order valence-corrected chi connectivity index (χ3v) is 3.63. The van der Waals surface area contributed by atoms with Crippen LogP contribution in [-0.4, -0.2) is 17.9 Å². The van der Waals surface area contributed by atoms with E-state index < -0.39 is 0 Å². The Hall–Kier alpha value is -1.91. The molecule has 0 atom stereocenters. The second-order valence-corrected chi connectivity index (χ2v) is 5.55. The summed E-state index contributed by atoms with van der Waals surface area (Å²) in [5, 5.41) is 0.628. The Morgan fingerprint density at radius 3 is 2.48 bits per heavy atom. The van der Waals surface area contributed by atoms with E-state index in [1.54, 1.807) is 36.2 Å². The summed E-state index contributed by atoms with van der Waals surface area (Å²) in [5.74, 6) is -0.0136. The van der Waals surface area contributed by atoms with Crippen molar-refractivity contribution in [2.45, 2.75) is 6.42 Å². The lowest BCUT2D eigenvalue weighted by Gasteiger charge is -2.18. The van der Waals surface area contributed by atoms with Crippen LogP contribution < -0.4 is 10.6 Å². The number of amides is 1. The molecule has 2 N–H and O–H groups in total. The number of likely N-dealkylation sites (N-methyl/N-ethyl adjacent to an activating group) is 1. The number of hydrogen-bond acceptors (Lipinski definition) is 2. The Bertz CT molecular complexity index is 670. The first kappa shape index (κ1) is 15.5. The molecule has 0 aromatic heterocycles. The van der Waals surface area contributed by atoms with Crippen LogP contribution in [0.4, 0.5) is 5.69 Å². The smallest absolute Gasteiger partial charge is 0.231 e. The lowest BCUT2D eigenvalue weighted by Crippen LogP contribution is -2.27. The standard InChI is InChI=1S/C16H15ClN2OS/c1-19(14-7-5-12(6-8-14)16(18)21)15(20)10-11-3-2-4-13(17)9-11/h2-9H,10H2,1H3,(H2,18,21). The minimum Gasteiger partial charge on any atom is -0.389 e. The van der Waals surface area contributed by atoms with Crippen LogP contribution >= 0.6 is 23.8 Å². The van der Waals surface area contributed by atoms with Gasteiger partial charge in [-0.3, -0.25) is 4.79 Å². The van der Waals surface area contributed by atoms with Crippen LogP contribution in [0.3, 0.4) is 0 Å². The molecule has 2 aromatic rings. The maximum absolute atomic E-state index is 12.3. The zero-order valence-electron chi connectivity index (χ0n) is 11.5. The van der Waals surface area contributed by atoms with Crippen LogP contribution in [0.5, 0.6) is 0 Å². The summed E-state index contributed by atoms with van der Waals surface area (Å²) < 4.78 is 0. The van der Waals surface area contributed by atoms with E-state index >= 15 is 0 Å². The molecular formula is C16H15ClN2OS. The highest BCUT2D eigenvalue weighted by Crippen LogP contribution is 2.17. The molecule has 0 unspecified atom stereocenters. The fourth-order valence-corrected chi connectivity index (χ4v) is 2.28. The predicted molar refractivity (Wildman–Crippen MR) is 90.9 cm³/mol. The third kappa shape index (κ3) is 4.03. The molecule has 0 heterocycles. The fourth-order valence-electron chi connectivity index (χ4n) is 1.93. The number of halogens is 1. The summed E-state index contributed by atoms with van der Waals surface area (Å²) in [6.07, 6.45) is 0.300. The van der Waals surface area contributed by atoms with Crippen molar-refractivity contribution in [3.63, 3.8) is 0 Å². The second-order valence-electron chi connectivity index (χ2n) is 4.67. The van der Waals surface area contributed by atoms with Crippen molar-refractivity contribution in [1.29, 1.82) is 0 Å². The van der Waals surface area contributed by atoms with Crippen LogP contribution in [0.15, 0.2) is 48.5 Å². The van der Waals surface area contributed by atoms with Gasteiger partial charge in [-0.25, -0.2) is 0 Å². The summed E-state index contributed by atoms with van der Waals surface area (Å²) in [4.78, 5) is 14.2. The van der Waals surface area contributed by atoms with Crippen LogP contribution in [0.1, 0.15) is 11.1 Å². The molecule has 21 heavy (non-hydrogen) atoms. The maximum atomic E-state index is 12.3. The topological polar surface area (TPSA) is 46.3 Å². The third-order valence-electron chi connectivity index (χ3n) is 3.16. The molecule has 0 radical (unpaired) electrons. The highest BCUT2D eigenvalue weighted by atomic mass is 35.5. The predicted octanol–water partition coefficient (Wildman–Crippen LogP) is 3.18. The average Bonchev–Trinajstić information content (AvgIpc) is 2.46. The van der Waals surface area contributed by atoms with E-state index in [0.29, 0.717) is 16.4 Å². The fraction of sp³-hybridized carbons (Fsp3) is 0.125. The number of thiocarbonyl (C=S) groups is 1. The van der Waals surface area contributed by atoms with Gasteiger partial charge in [-0.2, -0.15) is 0 Å². The molecule has 1 amide bonds. The molecule has 0 fully saturated rings. The van der Waals surface area contributed by atoms with Gasteiger partial charge in [0.25, 0.3) is 0 Å². The van der Waals surface area contributed by atoms with Gasteiger partial charge in [0.1, 0.15) is 4.99 Å². The lowest BCUT2D eigenvalue weighted by molar-refractivity contribution is -0.117. The molecule has 2 rings (SSSR count). The van der Waals surface area contributed by atoms with Crippen molar-refractivity contribution in [3.8, 4) is 0 Å². The molecule has 0 saturated carbocycles. The number of carbonyl (C=O) groups excluding carboxylic acids is 1. The Morgan fingerprint density at radius 2 is 1.90 bits per heavy atom. The van der Waals surface area contributed by atoms with Crippen LogP contribution in [0.25, 0.3) is 0 Å². The SMILES string of the molecule is CN(C(=O)Cc1cccc(Cl)c1)c1ccc(C(N)=S)cc1. The largest absolute Gasteiger partial charge is 0.389 e. The van der Waals surface area contributed by atoms with E-state index in [1.807, 2.05) is 24.3 Å². The van der Waals surface area contributed by atoms with E-state index in [0.717, 1.165) is 16.8 Å². The summed E-state index contributed by atoms with van der Waals surface area (Å²) >= 11 is 10.8. The van der Waals surface area contributed by atoms with Crippen molar-refractivity contribution in [2.75, 3.05) is 11.9 Å². The molecular weight excluding hydrogens is 304 g/mol. The quantitative estimate of drug-likeness (QED) is 0.881.